The van der Waals surface area contributed by atoms with Crippen LogP contribution in [-0.2, 0) is 9.53 Å². The second-order valence-corrected chi connectivity index (χ2v) is 8.03. The van der Waals surface area contributed by atoms with Gasteiger partial charge in [0.2, 0.25) is 5.91 Å². The maximum absolute atomic E-state index is 13.2. The molecule has 0 radical (unpaired) electrons. The first-order chi connectivity index (χ1) is 11.7. The highest BCUT2D eigenvalue weighted by molar-refractivity contribution is 5.87. The predicted octanol–water partition coefficient (Wildman–Crippen LogP) is 3.06. The molecular weight excluding hydrogens is 323 g/mol. The molecule has 2 saturated heterocycles. The van der Waals surface area contributed by atoms with Gasteiger partial charge < -0.3 is 15.0 Å². The molecule has 2 amide bonds. The molecule has 0 saturated carbocycles. The van der Waals surface area contributed by atoms with Crippen LogP contribution in [0, 0.1) is 11.2 Å². The molecule has 2 fully saturated rings. The molecule has 1 unspecified atom stereocenters. The number of hydrogen-bond donors (Lipinski definition) is 1. The van der Waals surface area contributed by atoms with E-state index >= 15 is 0 Å². The SMILES string of the molecule is CC(C)(C)OC(=O)N1CCC2(CC1)CNC(=O)C2c1ccc(F)cc1. The van der Waals surface area contributed by atoms with Crippen molar-refractivity contribution in [1.29, 1.82) is 0 Å². The van der Waals surface area contributed by atoms with Gasteiger partial charge in [0, 0.05) is 25.0 Å². The predicted molar refractivity (Wildman–Crippen MR) is 91.6 cm³/mol. The van der Waals surface area contributed by atoms with Gasteiger partial charge in [-0.25, -0.2) is 9.18 Å². The Kier molecular flexibility index (Phi) is 4.47. The van der Waals surface area contributed by atoms with Crippen molar-refractivity contribution in [3.63, 3.8) is 0 Å². The van der Waals surface area contributed by atoms with Crippen LogP contribution in [0.1, 0.15) is 45.1 Å². The van der Waals surface area contributed by atoms with E-state index < -0.39 is 5.60 Å². The van der Waals surface area contributed by atoms with Crippen LogP contribution in [0.15, 0.2) is 24.3 Å². The van der Waals surface area contributed by atoms with E-state index in [2.05, 4.69) is 5.32 Å². The summed E-state index contributed by atoms with van der Waals surface area (Å²) in [6.07, 6.45) is 1.12. The van der Waals surface area contributed by atoms with Gasteiger partial charge in [-0.15, -0.1) is 0 Å². The highest BCUT2D eigenvalue weighted by atomic mass is 19.1. The van der Waals surface area contributed by atoms with Gasteiger partial charge in [-0.3, -0.25) is 4.79 Å². The number of nitrogens with zero attached hydrogens (tertiary/aromatic N) is 1. The molecule has 6 heteroatoms. The Morgan fingerprint density at radius 2 is 1.84 bits per heavy atom. The lowest BCUT2D eigenvalue weighted by Crippen LogP contribution is -2.47. The van der Waals surface area contributed by atoms with Crippen molar-refractivity contribution in [1.82, 2.24) is 10.2 Å². The van der Waals surface area contributed by atoms with Gasteiger partial charge in [-0.2, -0.15) is 0 Å². The molecule has 1 N–H and O–H groups in total. The van der Waals surface area contributed by atoms with Gasteiger partial charge in [-0.05, 0) is 51.3 Å². The number of carbonyl (C=O) groups excluding carboxylic acids is 2. The molecule has 136 valence electrons. The maximum atomic E-state index is 13.2. The van der Waals surface area contributed by atoms with E-state index in [9.17, 15) is 14.0 Å². The fourth-order valence-electron chi connectivity index (χ4n) is 3.83. The number of likely N-dealkylation sites (tertiary alicyclic amines) is 1. The summed E-state index contributed by atoms with van der Waals surface area (Å²) in [7, 11) is 0. The van der Waals surface area contributed by atoms with Crippen LogP contribution in [0.2, 0.25) is 0 Å². The number of amides is 2. The van der Waals surface area contributed by atoms with Crippen molar-refractivity contribution in [2.75, 3.05) is 19.6 Å². The maximum Gasteiger partial charge on any atom is 0.410 e. The summed E-state index contributed by atoms with van der Waals surface area (Å²) in [5.74, 6) is -0.623. The third kappa shape index (κ3) is 3.62. The zero-order valence-corrected chi connectivity index (χ0v) is 15.0. The molecule has 1 atom stereocenters. The second kappa shape index (κ2) is 6.32. The number of hydrogen-bond acceptors (Lipinski definition) is 3. The van der Waals surface area contributed by atoms with Gasteiger partial charge in [-0.1, -0.05) is 12.1 Å². The zero-order chi connectivity index (χ0) is 18.2. The topological polar surface area (TPSA) is 58.6 Å². The quantitative estimate of drug-likeness (QED) is 0.849. The molecule has 2 aliphatic rings. The van der Waals surface area contributed by atoms with Gasteiger partial charge >= 0.3 is 6.09 Å². The molecule has 1 aromatic carbocycles. The van der Waals surface area contributed by atoms with Crippen LogP contribution in [0.4, 0.5) is 9.18 Å². The monoisotopic (exact) mass is 348 g/mol. The minimum Gasteiger partial charge on any atom is -0.444 e. The van der Waals surface area contributed by atoms with Gasteiger partial charge in [0.1, 0.15) is 11.4 Å². The number of rotatable bonds is 1. The van der Waals surface area contributed by atoms with E-state index in [1.165, 1.54) is 12.1 Å². The highest BCUT2D eigenvalue weighted by Crippen LogP contribution is 2.47. The van der Waals surface area contributed by atoms with E-state index in [0.29, 0.717) is 32.5 Å². The average molecular weight is 348 g/mol. The first-order valence-electron chi connectivity index (χ1n) is 8.71. The minimum absolute atomic E-state index is 0.0164. The summed E-state index contributed by atoms with van der Waals surface area (Å²) < 4.78 is 18.7. The summed E-state index contributed by atoms with van der Waals surface area (Å²) in [5, 5.41) is 2.96. The number of carbonyl (C=O) groups is 2. The van der Waals surface area contributed by atoms with Crippen molar-refractivity contribution < 1.29 is 18.7 Å². The number of nitrogens with one attached hydrogen (secondary N) is 1. The number of ether oxygens (including phenoxy) is 1. The summed E-state index contributed by atoms with van der Waals surface area (Å²) in [6.45, 7) is 7.25. The van der Waals surface area contributed by atoms with Crippen LogP contribution < -0.4 is 5.32 Å². The minimum atomic E-state index is -0.520. The largest absolute Gasteiger partial charge is 0.444 e. The van der Waals surface area contributed by atoms with Crippen LogP contribution >= 0.6 is 0 Å². The van der Waals surface area contributed by atoms with Crippen LogP contribution in [0.25, 0.3) is 0 Å². The molecule has 2 aliphatic heterocycles. The van der Waals surface area contributed by atoms with Crippen molar-refractivity contribution in [2.24, 2.45) is 5.41 Å². The first kappa shape index (κ1) is 17.7. The lowest BCUT2D eigenvalue weighted by atomic mass is 9.68. The van der Waals surface area contributed by atoms with Gasteiger partial charge in [0.25, 0.3) is 0 Å². The number of piperidine rings is 1. The van der Waals surface area contributed by atoms with E-state index in [1.807, 2.05) is 20.8 Å². The van der Waals surface area contributed by atoms with Gasteiger partial charge in [0.15, 0.2) is 0 Å². The lowest BCUT2D eigenvalue weighted by Gasteiger charge is -2.41. The zero-order valence-electron chi connectivity index (χ0n) is 15.0. The fourth-order valence-corrected chi connectivity index (χ4v) is 3.83. The third-order valence-electron chi connectivity index (χ3n) is 5.10. The molecule has 2 heterocycles. The van der Waals surface area contributed by atoms with E-state index in [1.54, 1.807) is 17.0 Å². The second-order valence-electron chi connectivity index (χ2n) is 8.03. The standard InChI is InChI=1S/C19H25FN2O3/c1-18(2,3)25-17(24)22-10-8-19(9-11-22)12-21-16(23)15(19)13-4-6-14(20)7-5-13/h4-7,15H,8-12H2,1-3H3,(H,21,23). The molecular formula is C19H25FN2O3. The molecule has 25 heavy (non-hydrogen) atoms. The Morgan fingerprint density at radius 1 is 1.24 bits per heavy atom. The third-order valence-corrected chi connectivity index (χ3v) is 5.10. The Morgan fingerprint density at radius 3 is 2.40 bits per heavy atom. The normalized spacial score (nSPS) is 22.8. The fraction of sp³-hybridized carbons (Fsp3) is 0.579. The van der Waals surface area contributed by atoms with Crippen LogP contribution in [-0.4, -0.2) is 42.1 Å². The van der Waals surface area contributed by atoms with Crippen molar-refractivity contribution in [3.8, 4) is 0 Å². The Balaban J connectivity index is 1.73. The Hall–Kier alpha value is -2.11. The summed E-state index contributed by atoms with van der Waals surface area (Å²) in [6, 6.07) is 6.16. The Labute approximate surface area is 147 Å². The Bertz CT molecular complexity index is 658. The number of benzene rings is 1. The molecule has 1 aromatic rings. The molecule has 1 spiro atoms. The average Bonchev–Trinajstić information content (AvgIpc) is 2.84. The van der Waals surface area contributed by atoms with E-state index in [-0.39, 0.29) is 29.2 Å². The lowest BCUT2D eigenvalue weighted by molar-refractivity contribution is -0.121. The van der Waals surface area contributed by atoms with Gasteiger partial charge in [0.05, 0.1) is 5.92 Å². The molecule has 0 bridgehead atoms. The van der Waals surface area contributed by atoms with Crippen molar-refractivity contribution in [2.45, 2.75) is 45.1 Å². The molecule has 3 rings (SSSR count). The summed E-state index contributed by atoms with van der Waals surface area (Å²) in [4.78, 5) is 26.4. The van der Waals surface area contributed by atoms with E-state index in [4.69, 9.17) is 4.74 Å². The number of halogens is 1. The van der Waals surface area contributed by atoms with Crippen molar-refractivity contribution >= 4 is 12.0 Å². The smallest absolute Gasteiger partial charge is 0.410 e. The highest BCUT2D eigenvalue weighted by Gasteiger charge is 2.50. The molecule has 0 aromatic heterocycles. The van der Waals surface area contributed by atoms with Crippen LogP contribution in [0.5, 0.6) is 0 Å². The van der Waals surface area contributed by atoms with Crippen LogP contribution in [0.3, 0.4) is 0 Å². The summed E-state index contributed by atoms with van der Waals surface area (Å²) in [5.41, 5.74) is 0.0865. The van der Waals surface area contributed by atoms with Crippen molar-refractivity contribution in [3.05, 3.63) is 35.6 Å². The summed E-state index contributed by atoms with van der Waals surface area (Å²) >= 11 is 0. The molecule has 5 nitrogen and oxygen atoms in total. The van der Waals surface area contributed by atoms with E-state index in [0.717, 1.165) is 5.56 Å². The molecule has 0 aliphatic carbocycles. The first-order valence-corrected chi connectivity index (χ1v) is 8.71.